The molecule has 2 N–H and O–H groups in total. The quantitative estimate of drug-likeness (QED) is 0.639. The number of carbonyl (C=O) groups excluding carboxylic acids is 3. The van der Waals surface area contributed by atoms with Gasteiger partial charge in [-0.15, -0.1) is 0 Å². The van der Waals surface area contributed by atoms with Crippen molar-refractivity contribution in [3.63, 3.8) is 0 Å². The molecule has 0 spiro atoms. The second-order valence-electron chi connectivity index (χ2n) is 7.74. The first-order chi connectivity index (χ1) is 14.5. The molecule has 1 fully saturated rings. The molecule has 1 aliphatic rings. The molecule has 31 heavy (non-hydrogen) atoms. The highest BCUT2D eigenvalue weighted by Crippen LogP contribution is 2.29. The summed E-state index contributed by atoms with van der Waals surface area (Å²) < 4.78 is 23.0. The van der Waals surface area contributed by atoms with Gasteiger partial charge in [0.15, 0.2) is 9.84 Å². The third-order valence-electron chi connectivity index (χ3n) is 5.21. The zero-order chi connectivity index (χ0) is 22.8. The lowest BCUT2D eigenvalue weighted by Gasteiger charge is -2.22. The summed E-state index contributed by atoms with van der Waals surface area (Å²) in [4.78, 5) is 38.8. The van der Waals surface area contributed by atoms with Gasteiger partial charge in [0.25, 0.3) is 5.91 Å². The van der Waals surface area contributed by atoms with Gasteiger partial charge in [-0.05, 0) is 48.7 Å². The summed E-state index contributed by atoms with van der Waals surface area (Å²) >= 11 is 0. The molecule has 0 aromatic heterocycles. The Morgan fingerprint density at radius 3 is 2.23 bits per heavy atom. The third kappa shape index (κ3) is 4.77. The SMILES string of the molecule is CCCc1ccc([C@@]2(C)NC(=O)N(CC(=O)Nc3ccc(S(C)(=O)=O)cc3)C2=O)cc1. The fourth-order valence-corrected chi connectivity index (χ4v) is 4.09. The molecule has 1 atom stereocenters. The van der Waals surface area contributed by atoms with Gasteiger partial charge in [-0.3, -0.25) is 14.5 Å². The molecule has 2 aromatic carbocycles. The normalized spacial score (nSPS) is 18.7. The van der Waals surface area contributed by atoms with E-state index < -0.39 is 39.8 Å². The van der Waals surface area contributed by atoms with Gasteiger partial charge in [0.1, 0.15) is 12.1 Å². The maximum Gasteiger partial charge on any atom is 0.325 e. The summed E-state index contributed by atoms with van der Waals surface area (Å²) in [5, 5.41) is 5.25. The zero-order valence-corrected chi connectivity index (χ0v) is 18.5. The Labute approximate surface area is 181 Å². The lowest BCUT2D eigenvalue weighted by molar-refractivity contribution is -0.133. The number of urea groups is 1. The molecule has 1 aliphatic heterocycles. The molecule has 4 amide bonds. The van der Waals surface area contributed by atoms with E-state index in [4.69, 9.17) is 0 Å². The van der Waals surface area contributed by atoms with Crippen molar-refractivity contribution in [1.82, 2.24) is 10.2 Å². The van der Waals surface area contributed by atoms with Crippen LogP contribution >= 0.6 is 0 Å². The highest BCUT2D eigenvalue weighted by atomic mass is 32.2. The summed E-state index contributed by atoms with van der Waals surface area (Å²) in [5.41, 5.74) is 0.896. The Morgan fingerprint density at radius 2 is 1.68 bits per heavy atom. The Balaban J connectivity index is 1.70. The standard InChI is InChI=1S/C22H25N3O5S/c1-4-5-15-6-8-16(9-7-15)22(2)20(27)25(21(28)24-22)14-19(26)23-17-10-12-18(13-11-17)31(3,29)30/h6-13H,4-5,14H2,1-3H3,(H,23,26)(H,24,28)/t22-/m1/s1. The van der Waals surface area contributed by atoms with E-state index in [1.54, 1.807) is 6.92 Å². The van der Waals surface area contributed by atoms with Crippen molar-refractivity contribution in [1.29, 1.82) is 0 Å². The van der Waals surface area contributed by atoms with E-state index in [0.717, 1.165) is 29.6 Å². The van der Waals surface area contributed by atoms with Crippen molar-refractivity contribution in [3.8, 4) is 0 Å². The number of carbonyl (C=O) groups is 3. The molecule has 1 saturated heterocycles. The van der Waals surface area contributed by atoms with Crippen molar-refractivity contribution in [2.75, 3.05) is 18.1 Å². The van der Waals surface area contributed by atoms with Crippen molar-refractivity contribution in [2.45, 2.75) is 37.1 Å². The average Bonchev–Trinajstić information content (AvgIpc) is 2.92. The highest BCUT2D eigenvalue weighted by Gasteiger charge is 2.49. The Kier molecular flexibility index (Phi) is 6.17. The van der Waals surface area contributed by atoms with Crippen LogP contribution in [0.3, 0.4) is 0 Å². The predicted molar refractivity (Wildman–Crippen MR) is 116 cm³/mol. The first-order valence-electron chi connectivity index (χ1n) is 9.88. The molecule has 1 heterocycles. The highest BCUT2D eigenvalue weighted by molar-refractivity contribution is 7.90. The second kappa shape index (κ2) is 8.50. The van der Waals surface area contributed by atoms with E-state index in [1.165, 1.54) is 24.3 Å². The summed E-state index contributed by atoms with van der Waals surface area (Å²) in [5.74, 6) is -1.08. The maximum atomic E-state index is 13.0. The van der Waals surface area contributed by atoms with E-state index in [9.17, 15) is 22.8 Å². The topological polar surface area (TPSA) is 113 Å². The van der Waals surface area contributed by atoms with Crippen LogP contribution in [0.5, 0.6) is 0 Å². The number of hydrogen-bond donors (Lipinski definition) is 2. The molecule has 0 saturated carbocycles. The lowest BCUT2D eigenvalue weighted by Crippen LogP contribution is -2.42. The maximum absolute atomic E-state index is 13.0. The Morgan fingerprint density at radius 1 is 1.06 bits per heavy atom. The van der Waals surface area contributed by atoms with E-state index >= 15 is 0 Å². The molecular formula is C22H25N3O5S. The summed E-state index contributed by atoms with van der Waals surface area (Å²) in [6.07, 6.45) is 3.02. The van der Waals surface area contributed by atoms with Crippen molar-refractivity contribution < 1.29 is 22.8 Å². The molecule has 0 aliphatic carbocycles. The monoisotopic (exact) mass is 443 g/mol. The number of nitrogens with one attached hydrogen (secondary N) is 2. The average molecular weight is 444 g/mol. The minimum atomic E-state index is -3.35. The molecule has 0 bridgehead atoms. The third-order valence-corrected chi connectivity index (χ3v) is 6.34. The van der Waals surface area contributed by atoms with Gasteiger partial charge in [0.2, 0.25) is 5.91 Å². The predicted octanol–water partition coefficient (Wildman–Crippen LogP) is 2.45. The molecule has 3 rings (SSSR count). The number of rotatable bonds is 7. The first kappa shape index (κ1) is 22.5. The fourth-order valence-electron chi connectivity index (χ4n) is 3.46. The van der Waals surface area contributed by atoms with Crippen LogP contribution < -0.4 is 10.6 Å². The molecule has 0 unspecified atom stereocenters. The number of hydrogen-bond acceptors (Lipinski definition) is 5. The van der Waals surface area contributed by atoms with Crippen LogP contribution in [0.2, 0.25) is 0 Å². The van der Waals surface area contributed by atoms with Gasteiger partial charge in [-0.2, -0.15) is 0 Å². The summed E-state index contributed by atoms with van der Waals surface area (Å²) in [7, 11) is -3.35. The van der Waals surface area contributed by atoms with Crippen LogP contribution in [0.25, 0.3) is 0 Å². The minimum absolute atomic E-state index is 0.125. The van der Waals surface area contributed by atoms with Gasteiger partial charge in [-0.1, -0.05) is 37.6 Å². The van der Waals surface area contributed by atoms with E-state index in [2.05, 4.69) is 17.6 Å². The van der Waals surface area contributed by atoms with E-state index in [1.807, 2.05) is 24.3 Å². The summed E-state index contributed by atoms with van der Waals surface area (Å²) in [6, 6.07) is 12.5. The van der Waals surface area contributed by atoms with Crippen LogP contribution in [-0.4, -0.2) is 44.0 Å². The number of imide groups is 1. The first-order valence-corrected chi connectivity index (χ1v) is 11.8. The van der Waals surface area contributed by atoms with Crippen LogP contribution in [0, 0.1) is 0 Å². The summed E-state index contributed by atoms with van der Waals surface area (Å²) in [6.45, 7) is 3.24. The fraction of sp³-hybridized carbons (Fsp3) is 0.318. The second-order valence-corrected chi connectivity index (χ2v) is 9.75. The van der Waals surface area contributed by atoms with E-state index in [-0.39, 0.29) is 4.90 Å². The number of sulfone groups is 1. The molecule has 2 aromatic rings. The van der Waals surface area contributed by atoms with Crippen LogP contribution in [0.15, 0.2) is 53.4 Å². The van der Waals surface area contributed by atoms with Crippen LogP contribution in [-0.2, 0) is 31.4 Å². The molecule has 8 nitrogen and oxygen atoms in total. The molecule has 9 heteroatoms. The number of aryl methyl sites for hydroxylation is 1. The smallest absolute Gasteiger partial charge is 0.325 e. The Hall–Kier alpha value is -3.20. The van der Waals surface area contributed by atoms with Gasteiger partial charge < -0.3 is 10.6 Å². The van der Waals surface area contributed by atoms with Gasteiger partial charge >= 0.3 is 6.03 Å². The van der Waals surface area contributed by atoms with Crippen LogP contribution in [0.1, 0.15) is 31.4 Å². The minimum Gasteiger partial charge on any atom is -0.325 e. The van der Waals surface area contributed by atoms with Crippen LogP contribution in [0.4, 0.5) is 10.5 Å². The molecular weight excluding hydrogens is 418 g/mol. The molecule has 164 valence electrons. The zero-order valence-electron chi connectivity index (χ0n) is 17.6. The van der Waals surface area contributed by atoms with Crippen molar-refractivity contribution >= 4 is 33.4 Å². The lowest BCUT2D eigenvalue weighted by atomic mass is 9.91. The van der Waals surface area contributed by atoms with Crippen molar-refractivity contribution in [2.24, 2.45) is 0 Å². The number of anilines is 1. The van der Waals surface area contributed by atoms with Gasteiger partial charge in [0, 0.05) is 11.9 Å². The van der Waals surface area contributed by atoms with Gasteiger partial charge in [-0.25, -0.2) is 13.2 Å². The Bertz CT molecular complexity index is 1110. The largest absolute Gasteiger partial charge is 0.325 e. The van der Waals surface area contributed by atoms with Crippen molar-refractivity contribution in [3.05, 3.63) is 59.7 Å². The number of nitrogens with zero attached hydrogens (tertiary/aromatic N) is 1. The van der Waals surface area contributed by atoms with E-state index in [0.29, 0.717) is 11.3 Å². The number of amides is 4. The number of benzene rings is 2. The molecule has 0 radical (unpaired) electrons. The van der Waals surface area contributed by atoms with Gasteiger partial charge in [0.05, 0.1) is 4.90 Å².